The molecule has 1 atom stereocenters. The number of piperazine rings is 1. The molecular formula is C52H53ClFN7O3S. The van der Waals surface area contributed by atoms with Gasteiger partial charge in [0.05, 0.1) is 22.6 Å². The molecule has 3 aliphatic heterocycles. The molecule has 1 aliphatic carbocycles. The van der Waals surface area contributed by atoms with Crippen LogP contribution in [-0.2, 0) is 6.42 Å². The van der Waals surface area contributed by atoms with Crippen molar-refractivity contribution in [3.8, 4) is 5.00 Å². The van der Waals surface area contributed by atoms with Crippen LogP contribution in [0.3, 0.4) is 0 Å². The normalized spacial score (nSPS) is 18.7. The van der Waals surface area contributed by atoms with Crippen molar-refractivity contribution in [1.82, 2.24) is 19.7 Å². The van der Waals surface area contributed by atoms with Gasteiger partial charge in [-0.2, -0.15) is 0 Å². The molecule has 13 heteroatoms. The van der Waals surface area contributed by atoms with Gasteiger partial charge in [0.1, 0.15) is 22.7 Å². The first-order chi connectivity index (χ1) is 31.4. The number of aromatic nitrogens is 3. The summed E-state index contributed by atoms with van der Waals surface area (Å²) in [5.74, 6) is 0.463. The molecule has 6 aromatic rings. The number of thiophene rings is 1. The van der Waals surface area contributed by atoms with Crippen LogP contribution >= 0.6 is 22.9 Å². The van der Waals surface area contributed by atoms with Crippen molar-refractivity contribution in [2.24, 2.45) is 4.99 Å². The summed E-state index contributed by atoms with van der Waals surface area (Å²) in [5.41, 5.74) is 11.0. The molecule has 2 fully saturated rings. The van der Waals surface area contributed by atoms with Gasteiger partial charge in [-0.25, -0.2) is 9.18 Å². The summed E-state index contributed by atoms with van der Waals surface area (Å²) in [6.45, 7) is 13.3. The summed E-state index contributed by atoms with van der Waals surface area (Å²) in [6, 6.07) is 27.1. The maximum atomic E-state index is 16.4. The zero-order valence-corrected chi connectivity index (χ0v) is 38.8. The molecule has 0 amide bonds. The SMILES string of the molecule is Cc1sc2c(c1C)C(c1ccc(N3CCC(O)(CN4CCN(c5ccc(C6=C(c7ccccc7Cl)CCCc7cc(C(=O)O)ccc76)cc5F)CC4)CC3)cc1)=N[C@@H](C)c1nnc(C)n1-2. The lowest BCUT2D eigenvalue weighted by Gasteiger charge is -2.44. The van der Waals surface area contributed by atoms with Crippen molar-refractivity contribution in [3.63, 3.8) is 0 Å². The predicted molar refractivity (Wildman–Crippen MR) is 259 cm³/mol. The second kappa shape index (κ2) is 17.3. The van der Waals surface area contributed by atoms with Crippen molar-refractivity contribution in [2.45, 2.75) is 71.4 Å². The number of allylic oxidation sites excluding steroid dienone is 1. The molecule has 0 unspecified atom stereocenters. The number of aliphatic imine (C=N–C) groups is 1. The summed E-state index contributed by atoms with van der Waals surface area (Å²) < 4.78 is 18.6. The van der Waals surface area contributed by atoms with Gasteiger partial charge < -0.3 is 20.0 Å². The Morgan fingerprint density at radius 2 is 1.60 bits per heavy atom. The summed E-state index contributed by atoms with van der Waals surface area (Å²) in [7, 11) is 0. The van der Waals surface area contributed by atoms with Crippen LogP contribution in [-0.4, -0.2) is 93.0 Å². The number of carboxylic acid groups (broad SMARTS) is 1. The third kappa shape index (κ3) is 8.09. The van der Waals surface area contributed by atoms with Crippen molar-refractivity contribution in [2.75, 3.05) is 55.6 Å². The third-order valence-electron chi connectivity index (χ3n) is 14.0. The van der Waals surface area contributed by atoms with Gasteiger partial charge in [-0.15, -0.1) is 21.5 Å². The fourth-order valence-corrected chi connectivity index (χ4v) is 11.8. The first-order valence-corrected chi connectivity index (χ1v) is 23.9. The van der Waals surface area contributed by atoms with Crippen molar-refractivity contribution >= 4 is 57.1 Å². The van der Waals surface area contributed by atoms with Gasteiger partial charge >= 0.3 is 5.97 Å². The molecule has 0 spiro atoms. The predicted octanol–water partition coefficient (Wildman–Crippen LogP) is 10.1. The standard InChI is InChI=1S/C52H53ClFN7O3S/c1-31-33(3)65-50-46(31)48(55-32(2)49-57-56-34(4)61(49)50)35-12-16-39(17-13-35)59-22-20-52(64,21-23-59)30-58-24-26-60(27-25-58)45-19-15-37(29-44(45)54)47-40-18-14-38(51(62)63)28-36(40)8-7-10-42(47)41-9-5-6-11-43(41)53/h5-6,9,11-19,28-29,32,64H,7-8,10,20-27,30H2,1-4H3,(H,62,63)/t32-/m0/s1. The number of piperidine rings is 1. The quantitative estimate of drug-likeness (QED) is 0.155. The number of fused-ring (bicyclic) bond motifs is 4. The van der Waals surface area contributed by atoms with E-state index in [-0.39, 0.29) is 17.4 Å². The van der Waals surface area contributed by atoms with Crippen LogP contribution in [0.5, 0.6) is 0 Å². The van der Waals surface area contributed by atoms with Crippen LogP contribution in [0.25, 0.3) is 16.1 Å². The highest BCUT2D eigenvalue weighted by atomic mass is 35.5. The fourth-order valence-electron chi connectivity index (χ4n) is 10.4. The highest BCUT2D eigenvalue weighted by Gasteiger charge is 2.36. The van der Waals surface area contributed by atoms with Crippen LogP contribution in [0.2, 0.25) is 5.02 Å². The lowest BCUT2D eigenvalue weighted by atomic mass is 9.87. The largest absolute Gasteiger partial charge is 0.478 e. The maximum absolute atomic E-state index is 16.4. The van der Waals surface area contributed by atoms with Gasteiger partial charge in [-0.1, -0.05) is 54.1 Å². The number of halogens is 2. The van der Waals surface area contributed by atoms with Gasteiger partial charge in [-0.05, 0) is 141 Å². The number of hydrogen-bond donors (Lipinski definition) is 2. The molecule has 2 N–H and O–H groups in total. The van der Waals surface area contributed by atoms with Crippen LogP contribution in [0, 0.1) is 26.6 Å². The van der Waals surface area contributed by atoms with E-state index in [4.69, 9.17) is 16.6 Å². The van der Waals surface area contributed by atoms with Crippen LogP contribution in [0.1, 0.15) is 104 Å². The molecule has 0 radical (unpaired) electrons. The second-order valence-corrected chi connectivity index (χ2v) is 19.7. The lowest BCUT2D eigenvalue weighted by molar-refractivity contribution is -0.0173. The number of nitrogens with zero attached hydrogens (tertiary/aromatic N) is 7. The van der Waals surface area contributed by atoms with E-state index in [1.807, 2.05) is 49.4 Å². The second-order valence-electron chi connectivity index (χ2n) is 18.1. The number of aromatic carboxylic acids is 1. The van der Waals surface area contributed by atoms with Gasteiger partial charge in [0, 0.05) is 72.5 Å². The van der Waals surface area contributed by atoms with Gasteiger partial charge in [0.25, 0.3) is 0 Å². The third-order valence-corrected chi connectivity index (χ3v) is 15.5. The minimum atomic E-state index is -0.968. The van der Waals surface area contributed by atoms with Gasteiger partial charge in [0.2, 0.25) is 0 Å². The van der Waals surface area contributed by atoms with E-state index in [1.54, 1.807) is 29.5 Å². The lowest BCUT2D eigenvalue weighted by Crippen LogP contribution is -2.55. The van der Waals surface area contributed by atoms with E-state index in [0.717, 1.165) is 112 Å². The first-order valence-electron chi connectivity index (χ1n) is 22.7. The van der Waals surface area contributed by atoms with Crippen LogP contribution in [0.4, 0.5) is 15.8 Å². The molecule has 0 bridgehead atoms. The molecule has 4 aromatic carbocycles. The molecule has 10 rings (SSSR count). The van der Waals surface area contributed by atoms with Gasteiger partial charge in [0.15, 0.2) is 5.82 Å². The summed E-state index contributed by atoms with van der Waals surface area (Å²) in [5, 5.41) is 32.3. The van der Waals surface area contributed by atoms with Crippen molar-refractivity contribution in [3.05, 3.63) is 157 Å². The van der Waals surface area contributed by atoms with Crippen molar-refractivity contribution < 1.29 is 19.4 Å². The number of β-amino-alcohol motifs (C(OH)–C–C–N with tert-alkyl or cyclic N) is 1. The number of benzene rings is 4. The zero-order chi connectivity index (χ0) is 45.1. The number of rotatable bonds is 8. The highest BCUT2D eigenvalue weighted by Crippen LogP contribution is 2.43. The van der Waals surface area contributed by atoms with E-state index < -0.39 is 11.6 Å². The Kier molecular flexibility index (Phi) is 11.5. The summed E-state index contributed by atoms with van der Waals surface area (Å²) in [4.78, 5) is 25.2. The number of aliphatic hydroxyl groups is 1. The molecule has 334 valence electrons. The number of anilines is 2. The van der Waals surface area contributed by atoms with E-state index in [2.05, 4.69) is 74.5 Å². The zero-order valence-electron chi connectivity index (χ0n) is 37.2. The highest BCUT2D eigenvalue weighted by molar-refractivity contribution is 7.15. The summed E-state index contributed by atoms with van der Waals surface area (Å²) >= 11 is 8.54. The molecule has 2 saturated heterocycles. The van der Waals surface area contributed by atoms with Crippen molar-refractivity contribution in [1.29, 1.82) is 0 Å². The van der Waals surface area contributed by atoms with Gasteiger partial charge in [-0.3, -0.25) is 14.5 Å². The average Bonchev–Trinajstić information content (AvgIpc) is 3.70. The van der Waals surface area contributed by atoms with E-state index >= 15 is 4.39 Å². The summed E-state index contributed by atoms with van der Waals surface area (Å²) in [6.07, 6.45) is 3.57. The Balaban J connectivity index is 0.795. The minimum Gasteiger partial charge on any atom is -0.478 e. The van der Waals surface area contributed by atoms with Crippen LogP contribution in [0.15, 0.2) is 89.9 Å². The number of hydrogen-bond acceptors (Lipinski definition) is 9. The monoisotopic (exact) mass is 909 g/mol. The first kappa shape index (κ1) is 43.2. The number of carboxylic acids is 1. The molecule has 4 aliphatic rings. The Morgan fingerprint density at radius 1 is 0.862 bits per heavy atom. The molecule has 10 nitrogen and oxygen atoms in total. The Labute approximate surface area is 388 Å². The topological polar surface area (TPSA) is 110 Å². The number of aryl methyl sites for hydroxylation is 3. The van der Waals surface area contributed by atoms with Crippen LogP contribution < -0.4 is 9.80 Å². The maximum Gasteiger partial charge on any atom is 0.335 e. The molecule has 2 aromatic heterocycles. The Bertz CT molecular complexity index is 2890. The van der Waals surface area contributed by atoms with E-state index in [9.17, 15) is 15.0 Å². The molecule has 5 heterocycles. The smallest absolute Gasteiger partial charge is 0.335 e. The number of carbonyl (C=O) groups is 1. The van der Waals surface area contributed by atoms with E-state index in [0.29, 0.717) is 49.6 Å². The fraction of sp³-hybridized carbons (Fsp3) is 0.346. The average molecular weight is 911 g/mol. The molecular weight excluding hydrogens is 857 g/mol. The molecule has 0 saturated carbocycles. The minimum absolute atomic E-state index is 0.136. The Hall–Kier alpha value is -5.66. The Morgan fingerprint density at radius 3 is 2.32 bits per heavy atom. The molecule has 65 heavy (non-hydrogen) atoms. The van der Waals surface area contributed by atoms with E-state index in [1.165, 1.54) is 10.4 Å².